The first kappa shape index (κ1) is 20.6. The van der Waals surface area contributed by atoms with Crippen LogP contribution >= 0.6 is 12.2 Å². The maximum atomic E-state index is 11.9. The van der Waals surface area contributed by atoms with E-state index in [4.69, 9.17) is 21.7 Å². The molecule has 0 aliphatic heterocycles. The van der Waals surface area contributed by atoms with Gasteiger partial charge in [0.05, 0.1) is 19.8 Å². The van der Waals surface area contributed by atoms with Crippen molar-refractivity contribution in [3.63, 3.8) is 0 Å². The van der Waals surface area contributed by atoms with Gasteiger partial charge in [0.1, 0.15) is 0 Å². The molecule has 1 aromatic heterocycles. The summed E-state index contributed by atoms with van der Waals surface area (Å²) in [5, 5.41) is 3.45. The highest BCUT2D eigenvalue weighted by Crippen LogP contribution is 2.19. The predicted octanol–water partition coefficient (Wildman–Crippen LogP) is 1.89. The minimum Gasteiger partial charge on any atom is -0.480 e. The number of allylic oxidation sites excluding steroid dienone is 1. The number of nitrogens with one attached hydrogen (secondary N) is 3. The van der Waals surface area contributed by atoms with E-state index in [-0.39, 0.29) is 11.9 Å². The summed E-state index contributed by atoms with van der Waals surface area (Å²) in [5.74, 6) is -0.0555. The zero-order valence-corrected chi connectivity index (χ0v) is 16.4. The van der Waals surface area contributed by atoms with Crippen molar-refractivity contribution < 1.29 is 14.3 Å². The van der Waals surface area contributed by atoms with Gasteiger partial charge in [0.25, 0.3) is 5.91 Å². The Hall–Kier alpha value is -2.68. The molecule has 1 heterocycles. The quantitative estimate of drug-likeness (QED) is 0.281. The van der Waals surface area contributed by atoms with Crippen molar-refractivity contribution in [3.05, 3.63) is 29.5 Å². The molecule has 27 heavy (non-hydrogen) atoms. The molecule has 146 valence electrons. The second kappa shape index (κ2) is 11.1. The molecule has 1 amide bonds. The minimum atomic E-state index is -0.369. The molecule has 0 saturated heterocycles. The minimum absolute atomic E-state index is 0.190. The molecule has 2 rings (SSSR count). The molecule has 3 N–H and O–H groups in total. The van der Waals surface area contributed by atoms with Gasteiger partial charge in [-0.25, -0.2) is 4.98 Å². The number of nitrogens with zero attached hydrogens (tertiary/aromatic N) is 2. The Balaban J connectivity index is 1.72. The first-order chi connectivity index (χ1) is 13.1. The van der Waals surface area contributed by atoms with Crippen LogP contribution < -0.4 is 25.6 Å². The maximum Gasteiger partial charge on any atom is 0.319 e. The van der Waals surface area contributed by atoms with Gasteiger partial charge in [-0.2, -0.15) is 4.98 Å². The molecule has 0 radical (unpaired) electrons. The summed E-state index contributed by atoms with van der Waals surface area (Å²) < 4.78 is 10.1. The van der Waals surface area contributed by atoms with Crippen LogP contribution in [0.4, 0.5) is 0 Å². The fourth-order valence-electron chi connectivity index (χ4n) is 2.57. The van der Waals surface area contributed by atoms with Crippen LogP contribution in [0.3, 0.4) is 0 Å². The molecule has 0 fully saturated rings. The number of aromatic nitrogens is 2. The maximum absolute atomic E-state index is 11.9. The van der Waals surface area contributed by atoms with Crippen molar-refractivity contribution in [2.24, 2.45) is 0 Å². The number of hydrazine groups is 1. The Labute approximate surface area is 164 Å². The number of carbonyl (C=O) groups is 1. The molecule has 0 atom stereocenters. The first-order valence-corrected chi connectivity index (χ1v) is 9.18. The third kappa shape index (κ3) is 7.22. The van der Waals surface area contributed by atoms with Crippen LogP contribution in [0, 0.1) is 0 Å². The zero-order chi connectivity index (χ0) is 19.5. The van der Waals surface area contributed by atoms with E-state index in [1.54, 1.807) is 6.08 Å². The number of hydrogen-bond acceptors (Lipinski definition) is 6. The molecule has 9 heteroatoms. The molecule has 0 saturated carbocycles. The molecule has 1 aromatic rings. The normalized spacial score (nSPS) is 13.6. The van der Waals surface area contributed by atoms with Crippen molar-refractivity contribution in [2.75, 3.05) is 20.8 Å². The van der Waals surface area contributed by atoms with Gasteiger partial charge in [0.2, 0.25) is 5.88 Å². The zero-order valence-electron chi connectivity index (χ0n) is 15.6. The van der Waals surface area contributed by atoms with E-state index in [1.165, 1.54) is 57.7 Å². The lowest BCUT2D eigenvalue weighted by molar-refractivity contribution is -0.116. The smallest absolute Gasteiger partial charge is 0.319 e. The van der Waals surface area contributed by atoms with Crippen LogP contribution in [0.2, 0.25) is 0 Å². The summed E-state index contributed by atoms with van der Waals surface area (Å²) in [6.07, 6.45) is 12.5. The molecule has 0 aromatic carbocycles. The lowest BCUT2D eigenvalue weighted by Gasteiger charge is -2.14. The van der Waals surface area contributed by atoms with Crippen molar-refractivity contribution >= 4 is 29.3 Å². The third-order valence-corrected chi connectivity index (χ3v) is 4.21. The molecule has 8 nitrogen and oxygen atoms in total. The third-order valence-electron chi connectivity index (χ3n) is 3.96. The van der Waals surface area contributed by atoms with Crippen LogP contribution in [0.1, 0.15) is 37.7 Å². The highest BCUT2D eigenvalue weighted by molar-refractivity contribution is 7.80. The van der Waals surface area contributed by atoms with E-state index in [9.17, 15) is 4.79 Å². The summed E-state index contributed by atoms with van der Waals surface area (Å²) in [6, 6.07) is 0.190. The number of carbonyl (C=O) groups excluding carboxylic acids is 1. The summed E-state index contributed by atoms with van der Waals surface area (Å²) in [5.41, 5.74) is 7.19. The molecular formula is C18H25N5O3S. The van der Waals surface area contributed by atoms with E-state index in [2.05, 4.69) is 32.2 Å². The predicted molar refractivity (Wildman–Crippen MR) is 107 cm³/mol. The highest BCUT2D eigenvalue weighted by Gasteiger charge is 2.06. The second-order valence-electron chi connectivity index (χ2n) is 5.88. The van der Waals surface area contributed by atoms with Gasteiger partial charge in [-0.15, -0.1) is 0 Å². The van der Waals surface area contributed by atoms with E-state index in [0.717, 1.165) is 13.0 Å². The number of amides is 1. The Morgan fingerprint density at radius 3 is 2.85 bits per heavy atom. The summed E-state index contributed by atoms with van der Waals surface area (Å²) in [4.78, 5) is 19.9. The van der Waals surface area contributed by atoms with Gasteiger partial charge in [-0.05, 0) is 50.4 Å². The number of thiocarbonyl (C=S) groups is 1. The van der Waals surface area contributed by atoms with Crippen LogP contribution in [0.25, 0.3) is 6.08 Å². The van der Waals surface area contributed by atoms with Crippen LogP contribution in [0.15, 0.2) is 23.9 Å². The second-order valence-corrected chi connectivity index (χ2v) is 6.29. The number of rotatable bonds is 7. The summed E-state index contributed by atoms with van der Waals surface area (Å²) in [6.45, 7) is 0.740. The number of methoxy groups -OCH3 is 2. The highest BCUT2D eigenvalue weighted by atomic mass is 32.1. The van der Waals surface area contributed by atoms with E-state index >= 15 is 0 Å². The summed E-state index contributed by atoms with van der Waals surface area (Å²) in [7, 11) is 2.95. The number of ether oxygens (including phenoxy) is 2. The molecular weight excluding hydrogens is 366 g/mol. The van der Waals surface area contributed by atoms with Crippen molar-refractivity contribution in [1.29, 1.82) is 0 Å². The first-order valence-electron chi connectivity index (χ1n) is 8.77. The van der Waals surface area contributed by atoms with Gasteiger partial charge in [0, 0.05) is 18.8 Å². The largest absolute Gasteiger partial charge is 0.480 e. The van der Waals surface area contributed by atoms with Crippen LogP contribution in [-0.4, -0.2) is 41.8 Å². The van der Waals surface area contributed by atoms with E-state index in [0.29, 0.717) is 16.6 Å². The van der Waals surface area contributed by atoms with Gasteiger partial charge >= 0.3 is 6.01 Å². The van der Waals surface area contributed by atoms with Gasteiger partial charge < -0.3 is 14.8 Å². The molecule has 1 aliphatic rings. The average molecular weight is 391 g/mol. The Bertz CT molecular complexity index is 721. The van der Waals surface area contributed by atoms with Crippen molar-refractivity contribution in [2.45, 2.75) is 32.1 Å². The monoisotopic (exact) mass is 391 g/mol. The molecule has 1 aliphatic carbocycles. The fourth-order valence-corrected chi connectivity index (χ4v) is 2.73. The average Bonchev–Trinajstić information content (AvgIpc) is 2.71. The topological polar surface area (TPSA) is 97.4 Å². The Morgan fingerprint density at radius 1 is 1.30 bits per heavy atom. The molecule has 0 unspecified atom stereocenters. The van der Waals surface area contributed by atoms with Gasteiger partial charge in [0.15, 0.2) is 5.11 Å². The Kier molecular flexibility index (Phi) is 8.50. The van der Waals surface area contributed by atoms with Gasteiger partial charge in [-0.3, -0.25) is 15.6 Å². The van der Waals surface area contributed by atoms with Gasteiger partial charge in [-0.1, -0.05) is 11.6 Å². The lowest BCUT2D eigenvalue weighted by atomic mass is 9.97. The Morgan fingerprint density at radius 2 is 2.15 bits per heavy atom. The van der Waals surface area contributed by atoms with Crippen LogP contribution in [-0.2, 0) is 4.79 Å². The SMILES string of the molecule is COc1ncc(/C=C/C(=O)NNC(=S)NCCC2=CCCCC2)c(OC)n1. The lowest BCUT2D eigenvalue weighted by Crippen LogP contribution is -2.46. The fraction of sp³-hybridized carbons (Fsp3) is 0.444. The van der Waals surface area contributed by atoms with Crippen molar-refractivity contribution in [3.8, 4) is 11.9 Å². The van der Waals surface area contributed by atoms with E-state index in [1.807, 2.05) is 0 Å². The number of hydrogen-bond donors (Lipinski definition) is 3. The van der Waals surface area contributed by atoms with Crippen LogP contribution in [0.5, 0.6) is 11.9 Å². The summed E-state index contributed by atoms with van der Waals surface area (Å²) >= 11 is 5.15. The molecule has 0 bridgehead atoms. The standard InChI is InChI=1S/C18H25N5O3S/c1-25-16-14(12-20-17(21-16)26-2)8-9-15(24)22-23-18(27)19-11-10-13-6-4-3-5-7-13/h6,8-9,12H,3-5,7,10-11H2,1-2H3,(H,22,24)(H2,19,23,27)/b9-8+. The van der Waals surface area contributed by atoms with Crippen molar-refractivity contribution in [1.82, 2.24) is 26.1 Å². The van der Waals surface area contributed by atoms with E-state index < -0.39 is 0 Å². The molecule has 0 spiro atoms.